The van der Waals surface area contributed by atoms with Crippen LogP contribution in [0.2, 0.25) is 0 Å². The van der Waals surface area contributed by atoms with Crippen molar-refractivity contribution >= 4 is 11.7 Å². The first-order chi connectivity index (χ1) is 10.9. The first kappa shape index (κ1) is 19.1. The number of halogens is 3. The number of urea groups is 1. The van der Waals surface area contributed by atoms with Crippen LogP contribution in [0.5, 0.6) is 5.75 Å². The predicted molar refractivity (Wildman–Crippen MR) is 80.5 cm³/mol. The third kappa shape index (κ3) is 5.63. The molecular formula is C15H21F3N2O3. The van der Waals surface area contributed by atoms with Gasteiger partial charge in [-0.1, -0.05) is 13.8 Å². The summed E-state index contributed by atoms with van der Waals surface area (Å²) in [6, 6.07) is 2.56. The molecule has 5 nitrogen and oxygen atoms in total. The van der Waals surface area contributed by atoms with Gasteiger partial charge in [-0.05, 0) is 25.0 Å². The fraction of sp³-hybridized carbons (Fsp3) is 0.533. The van der Waals surface area contributed by atoms with E-state index in [1.807, 2.05) is 13.8 Å². The molecule has 0 saturated heterocycles. The van der Waals surface area contributed by atoms with Crippen molar-refractivity contribution in [2.24, 2.45) is 0 Å². The number of hydrogen-bond donors (Lipinski definition) is 3. The molecule has 0 spiro atoms. The van der Waals surface area contributed by atoms with E-state index in [2.05, 4.69) is 10.6 Å². The van der Waals surface area contributed by atoms with Crippen LogP contribution in [-0.4, -0.2) is 36.3 Å². The van der Waals surface area contributed by atoms with Gasteiger partial charge in [-0.3, -0.25) is 0 Å². The average molecular weight is 334 g/mol. The maximum Gasteiger partial charge on any atom is 0.319 e. The fourth-order valence-corrected chi connectivity index (χ4v) is 1.96. The molecule has 0 unspecified atom stereocenters. The molecule has 0 aromatic heterocycles. The highest BCUT2D eigenvalue weighted by Crippen LogP contribution is 2.26. The van der Waals surface area contributed by atoms with Crippen molar-refractivity contribution in [3.63, 3.8) is 0 Å². The van der Waals surface area contributed by atoms with Crippen LogP contribution in [0, 0.1) is 5.82 Å². The molecule has 1 rings (SSSR count). The molecule has 0 heterocycles. The highest BCUT2D eigenvalue weighted by atomic mass is 19.3. The minimum Gasteiger partial charge on any atom is -0.485 e. The molecule has 0 aliphatic carbocycles. The van der Waals surface area contributed by atoms with Crippen molar-refractivity contribution in [1.29, 1.82) is 0 Å². The van der Waals surface area contributed by atoms with Gasteiger partial charge in [-0.25, -0.2) is 18.0 Å². The molecule has 8 heteroatoms. The minimum absolute atomic E-state index is 0.0589. The topological polar surface area (TPSA) is 70.6 Å². The van der Waals surface area contributed by atoms with Crippen molar-refractivity contribution < 1.29 is 27.8 Å². The molecule has 130 valence electrons. The van der Waals surface area contributed by atoms with E-state index in [4.69, 9.17) is 4.74 Å². The lowest BCUT2D eigenvalue weighted by Crippen LogP contribution is -2.52. The number of anilines is 1. The van der Waals surface area contributed by atoms with E-state index in [9.17, 15) is 23.1 Å². The van der Waals surface area contributed by atoms with E-state index in [0.29, 0.717) is 12.8 Å². The molecule has 0 radical (unpaired) electrons. The second-order valence-electron chi connectivity index (χ2n) is 5.07. The van der Waals surface area contributed by atoms with E-state index in [0.717, 1.165) is 12.1 Å². The van der Waals surface area contributed by atoms with E-state index < -0.39 is 30.4 Å². The molecule has 2 amide bonds. The van der Waals surface area contributed by atoms with Crippen molar-refractivity contribution in [2.75, 3.05) is 18.5 Å². The van der Waals surface area contributed by atoms with E-state index >= 15 is 0 Å². The van der Waals surface area contributed by atoms with Crippen molar-refractivity contribution in [1.82, 2.24) is 5.32 Å². The molecule has 0 atom stereocenters. The average Bonchev–Trinajstić information content (AvgIpc) is 2.53. The summed E-state index contributed by atoms with van der Waals surface area (Å²) in [4.78, 5) is 12.0. The lowest BCUT2D eigenvalue weighted by molar-refractivity contribution is 0.0821. The van der Waals surface area contributed by atoms with Crippen molar-refractivity contribution in [2.45, 2.75) is 38.7 Å². The van der Waals surface area contributed by atoms with Gasteiger partial charge < -0.3 is 20.5 Å². The monoisotopic (exact) mass is 334 g/mol. The van der Waals surface area contributed by atoms with Gasteiger partial charge in [0.25, 0.3) is 6.43 Å². The molecule has 0 fully saturated rings. The van der Waals surface area contributed by atoms with Crippen LogP contribution in [0.1, 0.15) is 26.7 Å². The highest BCUT2D eigenvalue weighted by molar-refractivity contribution is 5.91. The zero-order valence-electron chi connectivity index (χ0n) is 13.0. The number of benzene rings is 1. The minimum atomic E-state index is -2.72. The van der Waals surface area contributed by atoms with E-state index in [1.54, 1.807) is 0 Å². The maximum absolute atomic E-state index is 13.2. The molecule has 1 aromatic carbocycles. The van der Waals surface area contributed by atoms with Gasteiger partial charge in [-0.2, -0.15) is 0 Å². The van der Waals surface area contributed by atoms with Gasteiger partial charge in [-0.15, -0.1) is 0 Å². The number of aliphatic hydroxyl groups is 1. The summed E-state index contributed by atoms with van der Waals surface area (Å²) in [7, 11) is 0. The number of carbonyl (C=O) groups is 1. The van der Waals surface area contributed by atoms with Crippen LogP contribution in [0.4, 0.5) is 23.7 Å². The molecular weight excluding hydrogens is 313 g/mol. The van der Waals surface area contributed by atoms with Gasteiger partial charge in [0.2, 0.25) is 0 Å². The number of aliphatic hydroxyl groups excluding tert-OH is 1. The Hall–Kier alpha value is -1.96. The van der Waals surface area contributed by atoms with Crippen molar-refractivity contribution in [3.8, 4) is 5.75 Å². The summed E-state index contributed by atoms with van der Waals surface area (Å²) >= 11 is 0. The number of hydrogen-bond acceptors (Lipinski definition) is 3. The van der Waals surface area contributed by atoms with Gasteiger partial charge in [0.15, 0.2) is 0 Å². The molecule has 0 bridgehead atoms. The van der Waals surface area contributed by atoms with Gasteiger partial charge in [0.05, 0.1) is 17.8 Å². The second kappa shape index (κ2) is 8.61. The van der Waals surface area contributed by atoms with Gasteiger partial charge in [0.1, 0.15) is 18.2 Å². The molecule has 0 aliphatic rings. The van der Waals surface area contributed by atoms with Crippen molar-refractivity contribution in [3.05, 3.63) is 24.0 Å². The smallest absolute Gasteiger partial charge is 0.319 e. The molecule has 1 aromatic rings. The van der Waals surface area contributed by atoms with Crippen LogP contribution in [0.25, 0.3) is 0 Å². The molecule has 0 aliphatic heterocycles. The number of rotatable bonds is 8. The predicted octanol–water partition coefficient (Wildman–Crippen LogP) is 3.14. The number of amides is 2. The summed E-state index contributed by atoms with van der Waals surface area (Å²) in [6.07, 6.45) is -1.71. The fourth-order valence-electron chi connectivity index (χ4n) is 1.96. The summed E-state index contributed by atoms with van der Waals surface area (Å²) in [5, 5.41) is 14.5. The maximum atomic E-state index is 13.2. The lowest BCUT2D eigenvalue weighted by atomic mass is 9.94. The van der Waals surface area contributed by atoms with Crippen LogP contribution in [0.3, 0.4) is 0 Å². The van der Waals surface area contributed by atoms with E-state index in [1.165, 1.54) is 6.07 Å². The Balaban J connectivity index is 2.84. The van der Waals surface area contributed by atoms with Gasteiger partial charge >= 0.3 is 6.03 Å². The van der Waals surface area contributed by atoms with Gasteiger partial charge in [0, 0.05) is 6.07 Å². The summed E-state index contributed by atoms with van der Waals surface area (Å²) in [5.41, 5.74) is -0.725. The Bertz CT molecular complexity index is 514. The second-order valence-corrected chi connectivity index (χ2v) is 5.07. The molecule has 0 saturated carbocycles. The zero-order chi connectivity index (χ0) is 17.5. The standard InChI is InChI=1S/C15H21F3N2O3/c1-3-15(4-2,9-21)20-14(22)19-11-6-5-10(16)7-12(11)23-8-13(17)18/h5-7,13,21H,3-4,8-9H2,1-2H3,(H2,19,20,22). The first-order valence-electron chi connectivity index (χ1n) is 7.26. The molecule has 3 N–H and O–H groups in total. The molecule has 23 heavy (non-hydrogen) atoms. The van der Waals surface area contributed by atoms with Crippen LogP contribution >= 0.6 is 0 Å². The van der Waals surface area contributed by atoms with E-state index in [-0.39, 0.29) is 18.0 Å². The number of carbonyl (C=O) groups excluding carboxylic acids is 1. The number of alkyl halides is 2. The number of ether oxygens (including phenoxy) is 1. The largest absolute Gasteiger partial charge is 0.485 e. The lowest BCUT2D eigenvalue weighted by Gasteiger charge is -2.30. The van der Waals surface area contributed by atoms with Crippen LogP contribution in [-0.2, 0) is 0 Å². The quantitative estimate of drug-likeness (QED) is 0.684. The Morgan fingerprint density at radius 1 is 1.35 bits per heavy atom. The Kier molecular flexibility index (Phi) is 7.15. The number of nitrogens with one attached hydrogen (secondary N) is 2. The normalized spacial score (nSPS) is 11.4. The summed E-state index contributed by atoms with van der Waals surface area (Å²) in [5.74, 6) is -0.866. The summed E-state index contributed by atoms with van der Waals surface area (Å²) < 4.78 is 42.5. The Labute approximate surface area is 132 Å². The first-order valence-corrected chi connectivity index (χ1v) is 7.26. The third-order valence-corrected chi connectivity index (χ3v) is 3.59. The Morgan fingerprint density at radius 2 is 2.00 bits per heavy atom. The zero-order valence-corrected chi connectivity index (χ0v) is 13.0. The van der Waals surface area contributed by atoms with Crippen LogP contribution < -0.4 is 15.4 Å². The Morgan fingerprint density at radius 3 is 2.52 bits per heavy atom. The van der Waals surface area contributed by atoms with Crippen LogP contribution in [0.15, 0.2) is 18.2 Å². The highest BCUT2D eigenvalue weighted by Gasteiger charge is 2.27. The SMILES string of the molecule is CCC(CC)(CO)NC(=O)Nc1ccc(F)cc1OCC(F)F. The third-order valence-electron chi connectivity index (χ3n) is 3.59. The summed E-state index contributed by atoms with van der Waals surface area (Å²) in [6.45, 7) is 2.47.